The first-order valence-electron chi connectivity index (χ1n) is 9.25. The lowest BCUT2D eigenvalue weighted by Gasteiger charge is -2.35. The lowest BCUT2D eigenvalue weighted by atomic mass is 9.98. The van der Waals surface area contributed by atoms with Gasteiger partial charge in [0.2, 0.25) is 0 Å². The van der Waals surface area contributed by atoms with Crippen molar-refractivity contribution in [3.8, 4) is 0 Å². The van der Waals surface area contributed by atoms with Crippen molar-refractivity contribution in [2.24, 2.45) is 0 Å². The Labute approximate surface area is 161 Å². The molecular weight excluding hydrogens is 342 g/mol. The number of benzene rings is 2. The Hall–Kier alpha value is -1.95. The van der Waals surface area contributed by atoms with Crippen LogP contribution < -0.4 is 15.5 Å². The number of thiocarbonyl (C=S) groups is 1. The van der Waals surface area contributed by atoms with Crippen LogP contribution in [0.3, 0.4) is 0 Å². The number of quaternary nitrogens is 1. The van der Waals surface area contributed by atoms with Crippen LogP contribution in [-0.2, 0) is 4.74 Å². The Balaban J connectivity index is 1.69. The van der Waals surface area contributed by atoms with E-state index in [1.54, 1.807) is 4.90 Å². The maximum Gasteiger partial charge on any atom is 0.171 e. The highest BCUT2D eigenvalue weighted by Gasteiger charge is 2.31. The minimum atomic E-state index is 0.205. The predicted molar refractivity (Wildman–Crippen MR) is 111 cm³/mol. The van der Waals surface area contributed by atoms with Gasteiger partial charge in [-0.05, 0) is 38.2 Å². The van der Waals surface area contributed by atoms with Gasteiger partial charge in [0.1, 0.15) is 19.1 Å². The van der Waals surface area contributed by atoms with Crippen molar-refractivity contribution in [3.05, 3.63) is 65.7 Å². The fourth-order valence-electron chi connectivity index (χ4n) is 3.58. The van der Waals surface area contributed by atoms with E-state index in [2.05, 4.69) is 79.1 Å². The van der Waals surface area contributed by atoms with Crippen LogP contribution in [0.15, 0.2) is 54.6 Å². The van der Waals surface area contributed by atoms with Crippen LogP contribution in [0.2, 0.25) is 0 Å². The molecule has 1 aliphatic rings. The summed E-state index contributed by atoms with van der Waals surface area (Å²) in [5.41, 5.74) is 3.58. The zero-order valence-corrected chi connectivity index (χ0v) is 16.3. The van der Waals surface area contributed by atoms with Crippen molar-refractivity contribution >= 4 is 23.0 Å². The average molecular weight is 371 g/mol. The molecule has 0 radical (unpaired) electrons. The van der Waals surface area contributed by atoms with Gasteiger partial charge >= 0.3 is 0 Å². The van der Waals surface area contributed by atoms with Crippen LogP contribution in [0.25, 0.3) is 0 Å². The summed E-state index contributed by atoms with van der Waals surface area (Å²) in [6, 6.07) is 19.5. The quantitative estimate of drug-likeness (QED) is 0.707. The van der Waals surface area contributed by atoms with Gasteiger partial charge in [-0.1, -0.05) is 48.0 Å². The van der Waals surface area contributed by atoms with Gasteiger partial charge in [0.05, 0.1) is 19.3 Å². The molecule has 1 saturated heterocycles. The maximum atomic E-state index is 5.56. The molecule has 0 aromatic heterocycles. The van der Waals surface area contributed by atoms with Crippen LogP contribution in [0, 0.1) is 6.92 Å². The molecule has 0 saturated carbocycles. The second-order valence-corrected chi connectivity index (χ2v) is 7.32. The van der Waals surface area contributed by atoms with Gasteiger partial charge in [-0.3, -0.25) is 0 Å². The summed E-state index contributed by atoms with van der Waals surface area (Å²) in [5.74, 6) is 0. The van der Waals surface area contributed by atoms with Crippen LogP contribution in [-0.4, -0.2) is 37.5 Å². The second kappa shape index (κ2) is 9.12. The molecule has 0 unspecified atom stereocenters. The van der Waals surface area contributed by atoms with Gasteiger partial charge < -0.3 is 20.3 Å². The third-order valence-electron chi connectivity index (χ3n) is 4.90. The lowest BCUT2D eigenvalue weighted by molar-refractivity contribution is -0.940. The van der Waals surface area contributed by atoms with Gasteiger partial charge in [0.15, 0.2) is 5.11 Å². The van der Waals surface area contributed by atoms with E-state index in [0.717, 1.165) is 32.0 Å². The van der Waals surface area contributed by atoms with Crippen LogP contribution in [0.1, 0.15) is 24.1 Å². The Morgan fingerprint density at radius 2 is 1.69 bits per heavy atom. The summed E-state index contributed by atoms with van der Waals surface area (Å²) in [4.78, 5) is 1.54. The summed E-state index contributed by atoms with van der Waals surface area (Å²) in [6.45, 7) is 7.96. The van der Waals surface area contributed by atoms with Gasteiger partial charge in [-0.25, -0.2) is 0 Å². The molecule has 5 heteroatoms. The second-order valence-electron chi connectivity index (χ2n) is 6.91. The smallest absolute Gasteiger partial charge is 0.171 e. The Morgan fingerprint density at radius 1 is 1.04 bits per heavy atom. The van der Waals surface area contributed by atoms with Gasteiger partial charge in [0, 0.05) is 11.3 Å². The van der Waals surface area contributed by atoms with Crippen LogP contribution >= 0.6 is 12.2 Å². The van der Waals surface area contributed by atoms with E-state index in [4.69, 9.17) is 17.0 Å². The van der Waals surface area contributed by atoms with Crippen molar-refractivity contribution in [2.45, 2.75) is 25.9 Å². The fraction of sp³-hybridized carbons (Fsp3) is 0.381. The standard InChI is InChI=1S/C21H27N3OS/c1-16-8-10-19(11-9-16)23-21(26)22-17(2)20(18-6-4-3-5-7-18)24-12-14-25-15-13-24/h3-11,17,20H,12-15H2,1-2H3,(H2,22,23,26)/p+1/t17-,20-/m1/s1. The molecule has 3 rings (SSSR count). The van der Waals surface area contributed by atoms with E-state index < -0.39 is 0 Å². The summed E-state index contributed by atoms with van der Waals surface area (Å²) in [5, 5.41) is 7.46. The molecule has 0 bridgehead atoms. The summed E-state index contributed by atoms with van der Waals surface area (Å²) in [7, 11) is 0. The zero-order chi connectivity index (χ0) is 18.4. The van der Waals surface area contributed by atoms with E-state index >= 15 is 0 Å². The van der Waals surface area contributed by atoms with Crippen molar-refractivity contribution in [2.75, 3.05) is 31.6 Å². The van der Waals surface area contributed by atoms with Crippen molar-refractivity contribution in [3.63, 3.8) is 0 Å². The van der Waals surface area contributed by atoms with E-state index in [1.807, 2.05) is 0 Å². The fourth-order valence-corrected chi connectivity index (χ4v) is 3.88. The number of aryl methyl sites for hydroxylation is 1. The van der Waals surface area contributed by atoms with Crippen LogP contribution in [0.4, 0.5) is 5.69 Å². The molecule has 0 spiro atoms. The number of hydrogen-bond acceptors (Lipinski definition) is 2. The molecular formula is C21H28N3OS+. The Morgan fingerprint density at radius 3 is 2.35 bits per heavy atom. The van der Waals surface area contributed by atoms with E-state index in [-0.39, 0.29) is 6.04 Å². The molecule has 4 nitrogen and oxygen atoms in total. The highest BCUT2D eigenvalue weighted by Crippen LogP contribution is 2.15. The van der Waals surface area contributed by atoms with Gasteiger partial charge in [0.25, 0.3) is 0 Å². The number of nitrogens with one attached hydrogen (secondary N) is 3. The molecule has 1 heterocycles. The molecule has 2 atom stereocenters. The number of rotatable bonds is 5. The number of morpholine rings is 1. The highest BCUT2D eigenvalue weighted by molar-refractivity contribution is 7.80. The predicted octanol–water partition coefficient (Wildman–Crippen LogP) is 2.33. The number of anilines is 1. The van der Waals surface area contributed by atoms with Gasteiger partial charge in [-0.15, -0.1) is 0 Å². The van der Waals surface area contributed by atoms with Crippen molar-refractivity contribution in [1.29, 1.82) is 0 Å². The first-order valence-corrected chi connectivity index (χ1v) is 9.66. The van der Waals surface area contributed by atoms with E-state index in [9.17, 15) is 0 Å². The molecule has 0 amide bonds. The average Bonchev–Trinajstić information content (AvgIpc) is 2.65. The molecule has 2 aromatic carbocycles. The summed E-state index contributed by atoms with van der Waals surface area (Å²) in [6.07, 6.45) is 0. The van der Waals surface area contributed by atoms with Crippen LogP contribution in [0.5, 0.6) is 0 Å². The number of hydrogen-bond donors (Lipinski definition) is 3. The zero-order valence-electron chi connectivity index (χ0n) is 15.5. The SMILES string of the molecule is Cc1ccc(NC(=S)N[C@H](C)[C@H](c2ccccc2)[NH+]2CCOCC2)cc1. The number of ether oxygens (including phenoxy) is 1. The van der Waals surface area contributed by atoms with E-state index in [0.29, 0.717) is 11.2 Å². The topological polar surface area (TPSA) is 37.7 Å². The molecule has 3 N–H and O–H groups in total. The third kappa shape index (κ3) is 5.04. The maximum absolute atomic E-state index is 5.56. The third-order valence-corrected chi connectivity index (χ3v) is 5.12. The Kier molecular flexibility index (Phi) is 6.61. The first kappa shape index (κ1) is 18.8. The molecule has 26 heavy (non-hydrogen) atoms. The minimum absolute atomic E-state index is 0.205. The van der Waals surface area contributed by atoms with Crippen molar-refractivity contribution < 1.29 is 9.64 Å². The molecule has 1 fully saturated rings. The first-order chi connectivity index (χ1) is 12.6. The Bertz CT molecular complexity index is 699. The largest absolute Gasteiger partial charge is 0.370 e. The lowest BCUT2D eigenvalue weighted by Crippen LogP contribution is -3.15. The monoisotopic (exact) mass is 370 g/mol. The molecule has 0 aliphatic carbocycles. The normalized spacial score (nSPS) is 17.3. The molecule has 138 valence electrons. The van der Waals surface area contributed by atoms with Crippen molar-refractivity contribution in [1.82, 2.24) is 5.32 Å². The molecule has 1 aliphatic heterocycles. The molecule has 2 aromatic rings. The van der Waals surface area contributed by atoms with E-state index in [1.165, 1.54) is 11.1 Å². The minimum Gasteiger partial charge on any atom is -0.370 e. The summed E-state index contributed by atoms with van der Waals surface area (Å²) < 4.78 is 5.56. The summed E-state index contributed by atoms with van der Waals surface area (Å²) >= 11 is 5.56. The van der Waals surface area contributed by atoms with Gasteiger partial charge in [-0.2, -0.15) is 0 Å². The highest BCUT2D eigenvalue weighted by atomic mass is 32.1.